The highest BCUT2D eigenvalue weighted by Crippen LogP contribution is 2.33. The fraction of sp³-hybridized carbons (Fsp3) is 0.533. The summed E-state index contributed by atoms with van der Waals surface area (Å²) in [5, 5.41) is 0. The molecule has 1 saturated heterocycles. The quantitative estimate of drug-likeness (QED) is 0.930. The molecule has 0 aliphatic carbocycles. The lowest BCUT2D eigenvalue weighted by atomic mass is 9.74. The van der Waals surface area contributed by atoms with Gasteiger partial charge in [-0.15, -0.1) is 0 Å². The second-order valence-electron chi connectivity index (χ2n) is 5.39. The third kappa shape index (κ3) is 3.63. The molecule has 2 N–H and O–H groups in total. The summed E-state index contributed by atoms with van der Waals surface area (Å²) in [5.41, 5.74) is 4.71. The maximum absolute atomic E-state index is 12.7. The van der Waals surface area contributed by atoms with Crippen molar-refractivity contribution in [3.8, 4) is 0 Å². The molecule has 0 bridgehead atoms. The monoisotopic (exact) mass is 301 g/mol. The van der Waals surface area contributed by atoms with E-state index < -0.39 is 17.2 Å². The van der Waals surface area contributed by atoms with Gasteiger partial charge in [-0.3, -0.25) is 4.79 Å². The maximum Gasteiger partial charge on any atom is 0.416 e. The van der Waals surface area contributed by atoms with Crippen LogP contribution in [0, 0.1) is 5.41 Å². The summed E-state index contributed by atoms with van der Waals surface area (Å²) < 4.78 is 43.3. The average Bonchev–Trinajstić information content (AvgIpc) is 2.47. The Balaban J connectivity index is 2.15. The first kappa shape index (κ1) is 16.0. The second kappa shape index (κ2) is 6.15. The summed E-state index contributed by atoms with van der Waals surface area (Å²) >= 11 is 0. The molecule has 1 fully saturated rings. The largest absolute Gasteiger partial charge is 0.416 e. The molecule has 0 aromatic heterocycles. The zero-order chi connectivity index (χ0) is 15.5. The van der Waals surface area contributed by atoms with Crippen LogP contribution in [0.3, 0.4) is 0 Å². The van der Waals surface area contributed by atoms with Crippen molar-refractivity contribution in [1.82, 2.24) is 0 Å². The first-order valence-corrected chi connectivity index (χ1v) is 6.85. The molecular formula is C15H18F3NO2. The van der Waals surface area contributed by atoms with Crippen molar-refractivity contribution in [2.75, 3.05) is 19.8 Å². The van der Waals surface area contributed by atoms with Gasteiger partial charge in [-0.2, -0.15) is 13.2 Å². The number of benzene rings is 1. The molecule has 0 radical (unpaired) electrons. The Morgan fingerprint density at radius 3 is 2.52 bits per heavy atom. The van der Waals surface area contributed by atoms with Gasteiger partial charge in [0.05, 0.1) is 5.56 Å². The van der Waals surface area contributed by atoms with E-state index in [0.717, 1.165) is 12.1 Å². The van der Waals surface area contributed by atoms with E-state index in [0.29, 0.717) is 31.6 Å². The summed E-state index contributed by atoms with van der Waals surface area (Å²) in [4.78, 5) is 12.5. The van der Waals surface area contributed by atoms with Crippen molar-refractivity contribution in [1.29, 1.82) is 0 Å². The summed E-state index contributed by atoms with van der Waals surface area (Å²) in [7, 11) is 0. The van der Waals surface area contributed by atoms with E-state index in [4.69, 9.17) is 10.5 Å². The topological polar surface area (TPSA) is 52.3 Å². The van der Waals surface area contributed by atoms with Gasteiger partial charge < -0.3 is 10.5 Å². The van der Waals surface area contributed by atoms with Gasteiger partial charge >= 0.3 is 6.18 Å². The standard InChI is InChI=1S/C15H18F3NO2/c16-15(17,18)12-3-1-2-11(8-12)9-13(20)14(10-19)4-6-21-7-5-14/h1-3,8H,4-7,9-10,19H2. The summed E-state index contributed by atoms with van der Waals surface area (Å²) in [6, 6.07) is 4.89. The van der Waals surface area contributed by atoms with Crippen molar-refractivity contribution in [3.05, 3.63) is 35.4 Å². The molecule has 1 heterocycles. The van der Waals surface area contributed by atoms with E-state index in [9.17, 15) is 18.0 Å². The number of alkyl halides is 3. The Bertz CT molecular complexity index is 508. The lowest BCUT2D eigenvalue weighted by Gasteiger charge is -2.34. The summed E-state index contributed by atoms with van der Waals surface area (Å²) in [5.74, 6) is -0.104. The molecule has 1 aromatic rings. The zero-order valence-electron chi connectivity index (χ0n) is 11.6. The lowest BCUT2D eigenvalue weighted by molar-refractivity contribution is -0.138. The minimum atomic E-state index is -4.40. The minimum absolute atomic E-state index is 0.0267. The van der Waals surface area contributed by atoms with Crippen LogP contribution in [-0.4, -0.2) is 25.5 Å². The Morgan fingerprint density at radius 2 is 1.95 bits per heavy atom. The molecule has 1 aliphatic rings. The van der Waals surface area contributed by atoms with Gasteiger partial charge in [0.25, 0.3) is 0 Å². The molecule has 21 heavy (non-hydrogen) atoms. The first-order chi connectivity index (χ1) is 9.87. The van der Waals surface area contributed by atoms with Crippen molar-refractivity contribution in [2.24, 2.45) is 11.1 Å². The highest BCUT2D eigenvalue weighted by molar-refractivity contribution is 5.87. The van der Waals surface area contributed by atoms with Gasteiger partial charge in [0.2, 0.25) is 0 Å². The SMILES string of the molecule is NCC1(C(=O)Cc2cccc(C(F)(F)F)c2)CCOCC1. The van der Waals surface area contributed by atoms with Crippen molar-refractivity contribution < 1.29 is 22.7 Å². The highest BCUT2D eigenvalue weighted by Gasteiger charge is 2.38. The number of carbonyl (C=O) groups is 1. The molecule has 2 rings (SSSR count). The first-order valence-electron chi connectivity index (χ1n) is 6.85. The van der Waals surface area contributed by atoms with Crippen LogP contribution in [0.25, 0.3) is 0 Å². The van der Waals surface area contributed by atoms with E-state index >= 15 is 0 Å². The van der Waals surface area contributed by atoms with Crippen molar-refractivity contribution in [3.63, 3.8) is 0 Å². The van der Waals surface area contributed by atoms with Crippen LogP contribution >= 0.6 is 0 Å². The molecule has 3 nitrogen and oxygen atoms in total. The Kier molecular flexibility index (Phi) is 4.68. The molecule has 0 saturated carbocycles. The normalized spacial score (nSPS) is 18.5. The molecule has 116 valence electrons. The smallest absolute Gasteiger partial charge is 0.381 e. The van der Waals surface area contributed by atoms with E-state index in [-0.39, 0.29) is 18.7 Å². The number of carbonyl (C=O) groups excluding carboxylic acids is 1. The number of ketones is 1. The lowest BCUT2D eigenvalue weighted by Crippen LogP contribution is -2.44. The number of halogens is 3. The minimum Gasteiger partial charge on any atom is -0.381 e. The Hall–Kier alpha value is -1.40. The number of nitrogens with two attached hydrogens (primary N) is 1. The molecule has 0 spiro atoms. The van der Waals surface area contributed by atoms with Crippen molar-refractivity contribution in [2.45, 2.75) is 25.4 Å². The van der Waals surface area contributed by atoms with Gasteiger partial charge in [0, 0.05) is 31.6 Å². The van der Waals surface area contributed by atoms with Crippen LogP contribution in [0.1, 0.15) is 24.0 Å². The zero-order valence-corrected chi connectivity index (χ0v) is 11.6. The van der Waals surface area contributed by atoms with E-state index in [1.165, 1.54) is 12.1 Å². The third-order valence-electron chi connectivity index (χ3n) is 4.05. The summed E-state index contributed by atoms with van der Waals surface area (Å²) in [6.07, 6.45) is -3.37. The molecule has 0 atom stereocenters. The fourth-order valence-corrected chi connectivity index (χ4v) is 2.59. The van der Waals surface area contributed by atoms with Crippen LogP contribution < -0.4 is 5.73 Å². The Morgan fingerprint density at radius 1 is 1.29 bits per heavy atom. The molecule has 1 aliphatic heterocycles. The third-order valence-corrected chi connectivity index (χ3v) is 4.05. The molecule has 0 unspecified atom stereocenters. The number of Topliss-reactive ketones (excluding diaryl/α,β-unsaturated/α-hetero) is 1. The predicted octanol–water partition coefficient (Wildman–Crippen LogP) is 2.57. The summed E-state index contributed by atoms with van der Waals surface area (Å²) in [6.45, 7) is 1.13. The Labute approximate surface area is 121 Å². The van der Waals surface area contributed by atoms with Gasteiger partial charge in [0.15, 0.2) is 0 Å². The number of hydrogen-bond acceptors (Lipinski definition) is 3. The van der Waals surface area contributed by atoms with E-state index in [1.54, 1.807) is 0 Å². The highest BCUT2D eigenvalue weighted by atomic mass is 19.4. The van der Waals surface area contributed by atoms with E-state index in [2.05, 4.69) is 0 Å². The number of hydrogen-bond donors (Lipinski definition) is 1. The van der Waals surface area contributed by atoms with Crippen molar-refractivity contribution >= 4 is 5.78 Å². The van der Waals surface area contributed by atoms with Crippen LogP contribution in [0.2, 0.25) is 0 Å². The van der Waals surface area contributed by atoms with Gasteiger partial charge in [0.1, 0.15) is 5.78 Å². The van der Waals surface area contributed by atoms with E-state index in [1.807, 2.05) is 0 Å². The van der Waals surface area contributed by atoms with Crippen LogP contribution in [0.4, 0.5) is 13.2 Å². The number of ether oxygens (including phenoxy) is 1. The maximum atomic E-state index is 12.7. The van der Waals surface area contributed by atoms with Crippen LogP contribution in [-0.2, 0) is 22.1 Å². The number of rotatable bonds is 4. The fourth-order valence-electron chi connectivity index (χ4n) is 2.59. The van der Waals surface area contributed by atoms with Crippen LogP contribution in [0.5, 0.6) is 0 Å². The molecule has 1 aromatic carbocycles. The second-order valence-corrected chi connectivity index (χ2v) is 5.39. The molecular weight excluding hydrogens is 283 g/mol. The van der Waals surface area contributed by atoms with Gasteiger partial charge in [-0.25, -0.2) is 0 Å². The molecule has 0 amide bonds. The van der Waals surface area contributed by atoms with Gasteiger partial charge in [-0.1, -0.05) is 18.2 Å². The van der Waals surface area contributed by atoms with Crippen LogP contribution in [0.15, 0.2) is 24.3 Å². The predicted molar refractivity (Wildman–Crippen MR) is 71.7 cm³/mol. The average molecular weight is 301 g/mol. The van der Waals surface area contributed by atoms with Gasteiger partial charge in [-0.05, 0) is 24.5 Å². The molecule has 6 heteroatoms.